The molecule has 0 bridgehead atoms. The number of aliphatic imine (C=N–C) groups is 1. The summed E-state index contributed by atoms with van der Waals surface area (Å²) in [4.78, 5) is 3.94. The number of nitrogens with zero attached hydrogens (tertiary/aromatic N) is 1. The molecule has 2 rings (SSSR count). The van der Waals surface area contributed by atoms with Crippen molar-refractivity contribution in [3.8, 4) is 0 Å². The van der Waals surface area contributed by atoms with E-state index in [1.807, 2.05) is 0 Å². The quantitative estimate of drug-likeness (QED) is 0.641. The molecule has 2 aromatic rings. The minimum atomic E-state index is -4.54. The number of nitrogens with one attached hydrogen (secondary N) is 1. The van der Waals surface area contributed by atoms with Crippen molar-refractivity contribution in [2.75, 3.05) is 5.32 Å². The standard InChI is InChI=1S/C16H11Cl2F3N2/c17-11-1-5-13(6-2-11)22-10-9-15(16(19,20)21)23-14-7-3-12(18)4-8-14/h1-10,23H/b15-9-,22-10?. The van der Waals surface area contributed by atoms with Crippen molar-refractivity contribution in [2.24, 2.45) is 4.99 Å². The Morgan fingerprint density at radius 1 is 0.913 bits per heavy atom. The van der Waals surface area contributed by atoms with Gasteiger partial charge in [-0.3, -0.25) is 4.99 Å². The van der Waals surface area contributed by atoms with Gasteiger partial charge in [-0.25, -0.2) is 0 Å². The van der Waals surface area contributed by atoms with E-state index in [1.54, 1.807) is 24.3 Å². The normalized spacial score (nSPS) is 12.7. The van der Waals surface area contributed by atoms with Crippen LogP contribution >= 0.6 is 23.2 Å². The molecule has 0 saturated carbocycles. The maximum Gasteiger partial charge on any atom is 0.431 e. The SMILES string of the molecule is FC(F)(F)/C(=C/C=Nc1ccc(Cl)cc1)Nc1ccc(Cl)cc1. The molecule has 0 aromatic heterocycles. The number of anilines is 1. The number of hydrogen-bond acceptors (Lipinski definition) is 2. The Labute approximate surface area is 141 Å². The fourth-order valence-corrected chi connectivity index (χ4v) is 1.87. The van der Waals surface area contributed by atoms with Crippen LogP contribution in [0.4, 0.5) is 24.5 Å². The summed E-state index contributed by atoms with van der Waals surface area (Å²) >= 11 is 11.4. The van der Waals surface area contributed by atoms with E-state index in [-0.39, 0.29) is 5.69 Å². The lowest BCUT2D eigenvalue weighted by atomic mass is 10.3. The van der Waals surface area contributed by atoms with Gasteiger partial charge in [-0.15, -0.1) is 0 Å². The number of rotatable bonds is 4. The van der Waals surface area contributed by atoms with Gasteiger partial charge in [0.1, 0.15) is 5.70 Å². The van der Waals surface area contributed by atoms with Crippen LogP contribution in [0.5, 0.6) is 0 Å². The van der Waals surface area contributed by atoms with Gasteiger partial charge >= 0.3 is 6.18 Å². The summed E-state index contributed by atoms with van der Waals surface area (Å²) in [5.74, 6) is 0. The Kier molecular flexibility index (Phi) is 5.69. The molecule has 0 aliphatic heterocycles. The Morgan fingerprint density at radius 2 is 1.43 bits per heavy atom. The molecular formula is C16H11Cl2F3N2. The minimum absolute atomic E-state index is 0.276. The van der Waals surface area contributed by atoms with Crippen molar-refractivity contribution in [2.45, 2.75) is 6.18 Å². The monoisotopic (exact) mass is 358 g/mol. The third kappa shape index (κ3) is 5.62. The van der Waals surface area contributed by atoms with E-state index in [4.69, 9.17) is 23.2 Å². The van der Waals surface area contributed by atoms with Crippen molar-refractivity contribution >= 4 is 40.8 Å². The first-order valence-electron chi connectivity index (χ1n) is 6.44. The summed E-state index contributed by atoms with van der Waals surface area (Å²) < 4.78 is 39.1. The highest BCUT2D eigenvalue weighted by Gasteiger charge is 2.33. The second-order valence-electron chi connectivity index (χ2n) is 4.46. The van der Waals surface area contributed by atoms with Crippen LogP contribution in [-0.4, -0.2) is 12.4 Å². The Morgan fingerprint density at radius 3 is 1.96 bits per heavy atom. The second-order valence-corrected chi connectivity index (χ2v) is 5.34. The average molecular weight is 359 g/mol. The van der Waals surface area contributed by atoms with Gasteiger partial charge in [-0.05, 0) is 54.6 Å². The summed E-state index contributed by atoms with van der Waals surface area (Å²) in [6.07, 6.45) is -2.59. The first-order valence-corrected chi connectivity index (χ1v) is 7.20. The smallest absolute Gasteiger partial charge is 0.351 e. The van der Waals surface area contributed by atoms with Gasteiger partial charge in [0.15, 0.2) is 0 Å². The van der Waals surface area contributed by atoms with Gasteiger partial charge < -0.3 is 5.32 Å². The van der Waals surface area contributed by atoms with Crippen LogP contribution in [-0.2, 0) is 0 Å². The topological polar surface area (TPSA) is 24.4 Å². The molecule has 1 N–H and O–H groups in total. The van der Waals surface area contributed by atoms with Crippen LogP contribution in [0.15, 0.2) is 65.3 Å². The van der Waals surface area contributed by atoms with Gasteiger partial charge in [0.05, 0.1) is 5.69 Å². The van der Waals surface area contributed by atoms with Crippen LogP contribution < -0.4 is 5.32 Å². The van der Waals surface area contributed by atoms with Crippen molar-refractivity contribution in [3.05, 3.63) is 70.3 Å². The molecule has 0 radical (unpaired) electrons. The van der Waals surface area contributed by atoms with Gasteiger partial charge in [-0.2, -0.15) is 13.2 Å². The van der Waals surface area contributed by atoms with Crippen molar-refractivity contribution < 1.29 is 13.2 Å². The molecule has 0 unspecified atom stereocenters. The van der Waals surface area contributed by atoms with Crippen LogP contribution in [0.25, 0.3) is 0 Å². The lowest BCUT2D eigenvalue weighted by Crippen LogP contribution is -2.19. The van der Waals surface area contributed by atoms with E-state index in [0.29, 0.717) is 15.7 Å². The van der Waals surface area contributed by atoms with Crippen molar-refractivity contribution in [1.29, 1.82) is 0 Å². The molecule has 0 aliphatic carbocycles. The van der Waals surface area contributed by atoms with Crippen molar-refractivity contribution in [1.82, 2.24) is 0 Å². The van der Waals surface area contributed by atoms with Gasteiger partial charge in [0.2, 0.25) is 0 Å². The summed E-state index contributed by atoms with van der Waals surface area (Å²) in [5.41, 5.74) is -0.158. The number of allylic oxidation sites excluding steroid dienone is 2. The largest absolute Gasteiger partial charge is 0.431 e. The maximum atomic E-state index is 13.0. The third-order valence-corrected chi connectivity index (χ3v) is 3.22. The van der Waals surface area contributed by atoms with Crippen LogP contribution in [0.2, 0.25) is 10.0 Å². The molecule has 120 valence electrons. The Balaban J connectivity index is 2.17. The molecule has 0 saturated heterocycles. The molecule has 2 aromatic carbocycles. The number of halogens is 5. The molecule has 0 fully saturated rings. The minimum Gasteiger partial charge on any atom is -0.351 e. The molecule has 2 nitrogen and oxygen atoms in total. The molecular weight excluding hydrogens is 348 g/mol. The molecule has 0 atom stereocenters. The van der Waals surface area contributed by atoms with E-state index in [2.05, 4.69) is 10.3 Å². The maximum absolute atomic E-state index is 13.0. The predicted molar refractivity (Wildman–Crippen MR) is 88.8 cm³/mol. The molecule has 7 heteroatoms. The number of benzene rings is 2. The number of alkyl halides is 3. The molecule has 0 aliphatic rings. The predicted octanol–water partition coefficient (Wildman–Crippen LogP) is 6.25. The molecule has 0 spiro atoms. The van der Waals surface area contributed by atoms with Crippen LogP contribution in [0.1, 0.15) is 0 Å². The zero-order chi connectivity index (χ0) is 16.9. The lowest BCUT2D eigenvalue weighted by molar-refractivity contribution is -0.0901. The summed E-state index contributed by atoms with van der Waals surface area (Å²) in [6, 6.07) is 12.3. The summed E-state index contributed by atoms with van der Waals surface area (Å²) in [6.45, 7) is 0. The fraction of sp³-hybridized carbons (Fsp3) is 0.0625. The average Bonchev–Trinajstić information content (AvgIpc) is 2.49. The first kappa shape index (κ1) is 17.4. The molecule has 0 heterocycles. The highest BCUT2D eigenvalue weighted by Crippen LogP contribution is 2.27. The second kappa shape index (κ2) is 7.53. The highest BCUT2D eigenvalue weighted by molar-refractivity contribution is 6.30. The first-order chi connectivity index (χ1) is 10.8. The fourth-order valence-electron chi connectivity index (χ4n) is 1.62. The van der Waals surface area contributed by atoms with Gasteiger partial charge in [0, 0.05) is 21.9 Å². The summed E-state index contributed by atoms with van der Waals surface area (Å²) in [5, 5.41) is 3.28. The molecule has 23 heavy (non-hydrogen) atoms. The van der Waals surface area contributed by atoms with Gasteiger partial charge in [0.25, 0.3) is 0 Å². The van der Waals surface area contributed by atoms with Crippen LogP contribution in [0.3, 0.4) is 0 Å². The Hall–Kier alpha value is -1.98. The number of hydrogen-bond donors (Lipinski definition) is 1. The van der Waals surface area contributed by atoms with E-state index >= 15 is 0 Å². The van der Waals surface area contributed by atoms with E-state index in [9.17, 15) is 13.2 Å². The van der Waals surface area contributed by atoms with E-state index < -0.39 is 11.9 Å². The van der Waals surface area contributed by atoms with Crippen molar-refractivity contribution in [3.63, 3.8) is 0 Å². The van der Waals surface area contributed by atoms with Gasteiger partial charge in [-0.1, -0.05) is 23.2 Å². The summed E-state index contributed by atoms with van der Waals surface area (Å²) in [7, 11) is 0. The zero-order valence-corrected chi connectivity index (χ0v) is 13.1. The zero-order valence-electron chi connectivity index (χ0n) is 11.6. The van der Waals surface area contributed by atoms with Crippen LogP contribution in [0, 0.1) is 0 Å². The molecule has 0 amide bonds. The van der Waals surface area contributed by atoms with E-state index in [0.717, 1.165) is 12.3 Å². The highest BCUT2D eigenvalue weighted by atomic mass is 35.5. The third-order valence-electron chi connectivity index (χ3n) is 2.72. The van der Waals surface area contributed by atoms with E-state index in [1.165, 1.54) is 24.3 Å². The Bertz CT molecular complexity index is 706. The lowest BCUT2D eigenvalue weighted by Gasteiger charge is -2.13.